The highest BCUT2D eigenvalue weighted by molar-refractivity contribution is 6.31. The average Bonchev–Trinajstić information content (AvgIpc) is 3.02. The van der Waals surface area contributed by atoms with E-state index in [1.54, 1.807) is 7.11 Å². The number of amides is 1. The Morgan fingerprint density at radius 1 is 1.17 bits per heavy atom. The van der Waals surface area contributed by atoms with Gasteiger partial charge in [-0.2, -0.15) is 0 Å². The van der Waals surface area contributed by atoms with Crippen molar-refractivity contribution in [1.82, 2.24) is 14.5 Å². The van der Waals surface area contributed by atoms with E-state index in [9.17, 15) is 4.79 Å². The summed E-state index contributed by atoms with van der Waals surface area (Å²) in [6.45, 7) is 5.32. The molecule has 1 saturated heterocycles. The van der Waals surface area contributed by atoms with E-state index in [1.165, 1.54) is 5.56 Å². The van der Waals surface area contributed by atoms with E-state index in [1.807, 2.05) is 18.2 Å². The Kier molecular flexibility index (Phi) is 5.96. The highest BCUT2D eigenvalue weighted by Gasteiger charge is 2.49. The van der Waals surface area contributed by atoms with Gasteiger partial charge in [0.25, 0.3) is 0 Å². The maximum atomic E-state index is 13.8. The third-order valence-electron chi connectivity index (χ3n) is 6.26. The molecule has 2 aromatic carbocycles. The lowest BCUT2D eigenvalue weighted by atomic mass is 10.0. The summed E-state index contributed by atoms with van der Waals surface area (Å²) in [5.41, 5.74) is 5.09. The van der Waals surface area contributed by atoms with Crippen molar-refractivity contribution in [3.8, 4) is 0 Å². The van der Waals surface area contributed by atoms with Crippen LogP contribution in [-0.4, -0.2) is 36.1 Å². The second-order valence-corrected chi connectivity index (χ2v) is 8.78. The van der Waals surface area contributed by atoms with Crippen LogP contribution >= 0.6 is 11.6 Å². The van der Waals surface area contributed by atoms with Gasteiger partial charge in [-0.25, -0.2) is 14.3 Å². The van der Waals surface area contributed by atoms with Crippen molar-refractivity contribution in [1.29, 1.82) is 0 Å². The molecule has 2 atom stereocenters. The summed E-state index contributed by atoms with van der Waals surface area (Å²) in [5.74, 6) is 1.00. The van der Waals surface area contributed by atoms with Gasteiger partial charge in [-0.3, -0.25) is 0 Å². The number of halogens is 1. The van der Waals surface area contributed by atoms with E-state index in [2.05, 4.69) is 37.0 Å². The fourth-order valence-electron chi connectivity index (χ4n) is 4.88. The lowest BCUT2D eigenvalue weighted by Crippen LogP contribution is -2.58. The topological polar surface area (TPSA) is 55.0 Å². The maximum Gasteiger partial charge on any atom is 0.319 e. The monoisotopic (exact) mass is 426 g/mol. The summed E-state index contributed by atoms with van der Waals surface area (Å²) in [6.07, 6.45) is 3.55. The number of hydrogen-bond donors (Lipinski definition) is 1. The molecule has 1 aliphatic rings. The van der Waals surface area contributed by atoms with Gasteiger partial charge in [-0.15, -0.1) is 0 Å². The third kappa shape index (κ3) is 3.66. The molecule has 0 spiro atoms. The summed E-state index contributed by atoms with van der Waals surface area (Å²) in [5, 5.41) is 0.658. The fourth-order valence-corrected chi connectivity index (χ4v) is 5.05. The van der Waals surface area contributed by atoms with Crippen LogP contribution in [0.2, 0.25) is 5.02 Å². The SMILES string of the molecule is COC[C@@H](c1nc2ccc(Cl)cc2[nH]1)[N+]1(c2ccc(C)cc2C)CCCCCC1=O. The van der Waals surface area contributed by atoms with E-state index >= 15 is 0 Å². The molecular weight excluding hydrogens is 398 g/mol. The fraction of sp³-hybridized carbons (Fsp3) is 0.417. The summed E-state index contributed by atoms with van der Waals surface area (Å²) in [6, 6.07) is 11.8. The van der Waals surface area contributed by atoms with Gasteiger partial charge >= 0.3 is 5.91 Å². The van der Waals surface area contributed by atoms with Crippen molar-refractivity contribution < 1.29 is 9.53 Å². The van der Waals surface area contributed by atoms with Crippen molar-refractivity contribution in [2.45, 2.75) is 45.6 Å². The van der Waals surface area contributed by atoms with Crippen LogP contribution in [0.3, 0.4) is 0 Å². The molecule has 30 heavy (non-hydrogen) atoms. The largest absolute Gasteiger partial charge is 0.378 e. The Morgan fingerprint density at radius 2 is 2.00 bits per heavy atom. The minimum Gasteiger partial charge on any atom is -0.378 e. The first-order chi connectivity index (χ1) is 14.5. The summed E-state index contributed by atoms with van der Waals surface area (Å²) < 4.78 is 5.92. The van der Waals surface area contributed by atoms with Gasteiger partial charge in [0.15, 0.2) is 11.9 Å². The average molecular weight is 427 g/mol. The standard InChI is InChI=1S/C24H29ClN3O2/c1-16-8-11-21(17(2)13-16)28(12-6-4-5-7-23(28)29)22(15-30-3)24-26-19-10-9-18(25)14-20(19)27-24/h8-11,13-14,22H,4-7,12,15H2,1-3H3,(H,26,27)/q+1/t22-,28?/m0/s1. The number of imidazole rings is 1. The molecule has 1 fully saturated rings. The minimum absolute atomic E-state index is 0.236. The maximum absolute atomic E-state index is 13.8. The molecule has 0 bridgehead atoms. The number of ether oxygens (including phenoxy) is 1. The molecule has 4 rings (SSSR count). The van der Waals surface area contributed by atoms with Gasteiger partial charge in [-0.1, -0.05) is 29.3 Å². The van der Waals surface area contributed by atoms with Crippen LogP contribution in [0.1, 0.15) is 48.7 Å². The van der Waals surface area contributed by atoms with Gasteiger partial charge in [0.05, 0.1) is 24.0 Å². The molecule has 5 nitrogen and oxygen atoms in total. The van der Waals surface area contributed by atoms with Crippen LogP contribution in [0.15, 0.2) is 36.4 Å². The number of carbonyl (C=O) groups is 1. The molecule has 1 N–H and O–H groups in total. The molecule has 0 saturated carbocycles. The number of quaternary nitrogens is 1. The van der Waals surface area contributed by atoms with Crippen LogP contribution in [-0.2, 0) is 9.53 Å². The predicted octanol–water partition coefficient (Wildman–Crippen LogP) is 5.63. The molecule has 0 aliphatic carbocycles. The number of nitrogens with one attached hydrogen (secondary N) is 1. The van der Waals surface area contributed by atoms with Crippen molar-refractivity contribution >= 4 is 34.2 Å². The molecule has 1 aromatic heterocycles. The number of fused-ring (bicyclic) bond motifs is 1. The number of carbonyl (C=O) groups excluding carboxylic acids is 1. The second kappa shape index (κ2) is 8.50. The lowest BCUT2D eigenvalue weighted by molar-refractivity contribution is -0.133. The highest BCUT2D eigenvalue weighted by atomic mass is 35.5. The Morgan fingerprint density at radius 3 is 2.77 bits per heavy atom. The lowest BCUT2D eigenvalue weighted by Gasteiger charge is -2.41. The van der Waals surface area contributed by atoms with Gasteiger partial charge in [-0.05, 0) is 51.3 Å². The van der Waals surface area contributed by atoms with E-state index in [4.69, 9.17) is 21.3 Å². The zero-order chi connectivity index (χ0) is 21.3. The molecular formula is C24H29ClN3O2+. The summed E-state index contributed by atoms with van der Waals surface area (Å²) in [4.78, 5) is 22.1. The quantitative estimate of drug-likeness (QED) is 0.538. The Hall–Kier alpha value is -2.21. The highest BCUT2D eigenvalue weighted by Crippen LogP contribution is 2.41. The molecule has 0 radical (unpaired) electrons. The van der Waals surface area contributed by atoms with Gasteiger partial charge in [0.2, 0.25) is 0 Å². The van der Waals surface area contributed by atoms with Crippen LogP contribution in [0.5, 0.6) is 0 Å². The Bertz CT molecular complexity index is 1080. The van der Waals surface area contributed by atoms with Crippen LogP contribution in [0.25, 0.3) is 11.0 Å². The first-order valence-corrected chi connectivity index (χ1v) is 11.0. The molecule has 6 heteroatoms. The molecule has 1 unspecified atom stereocenters. The smallest absolute Gasteiger partial charge is 0.319 e. The number of nitrogens with zero attached hydrogens (tertiary/aromatic N) is 2. The minimum atomic E-state index is -0.256. The van der Waals surface area contributed by atoms with Gasteiger partial charge < -0.3 is 9.72 Å². The van der Waals surface area contributed by atoms with Crippen LogP contribution in [0.4, 0.5) is 5.69 Å². The normalized spacial score (nSPS) is 21.0. The van der Waals surface area contributed by atoms with E-state index in [-0.39, 0.29) is 16.4 Å². The van der Waals surface area contributed by atoms with Crippen LogP contribution in [0, 0.1) is 13.8 Å². The van der Waals surface area contributed by atoms with Gasteiger partial charge in [0.1, 0.15) is 12.3 Å². The van der Waals surface area contributed by atoms with Crippen molar-refractivity contribution in [3.63, 3.8) is 0 Å². The number of aromatic amines is 1. The van der Waals surface area contributed by atoms with E-state index in [0.29, 0.717) is 18.1 Å². The summed E-state index contributed by atoms with van der Waals surface area (Å²) in [7, 11) is 1.69. The first-order valence-electron chi connectivity index (χ1n) is 10.6. The molecule has 158 valence electrons. The molecule has 1 aliphatic heterocycles. The van der Waals surface area contributed by atoms with Gasteiger partial charge in [0, 0.05) is 23.8 Å². The molecule has 1 amide bonds. The van der Waals surface area contributed by atoms with E-state index < -0.39 is 0 Å². The van der Waals surface area contributed by atoms with Crippen molar-refractivity contribution in [2.75, 3.05) is 20.3 Å². The zero-order valence-electron chi connectivity index (χ0n) is 17.9. The zero-order valence-corrected chi connectivity index (χ0v) is 18.6. The second-order valence-electron chi connectivity index (χ2n) is 8.34. The number of methoxy groups -OCH3 is 1. The number of rotatable bonds is 5. The Labute approximate surface area is 182 Å². The molecule has 2 heterocycles. The number of aryl methyl sites for hydroxylation is 2. The molecule has 3 aromatic rings. The number of aromatic nitrogens is 2. The van der Waals surface area contributed by atoms with Crippen LogP contribution < -0.4 is 4.48 Å². The number of hydrogen-bond acceptors (Lipinski definition) is 3. The number of H-pyrrole nitrogens is 1. The number of benzene rings is 2. The number of likely N-dealkylation sites (tertiary alicyclic amines) is 1. The summed E-state index contributed by atoms with van der Waals surface area (Å²) >= 11 is 6.19. The third-order valence-corrected chi connectivity index (χ3v) is 6.50. The predicted molar refractivity (Wildman–Crippen MR) is 122 cm³/mol. The van der Waals surface area contributed by atoms with E-state index in [0.717, 1.165) is 53.9 Å². The van der Waals surface area contributed by atoms with Crippen molar-refractivity contribution in [3.05, 3.63) is 58.4 Å². The first kappa shape index (κ1) is 21.0. The Balaban J connectivity index is 1.94. The van der Waals surface area contributed by atoms with Crippen molar-refractivity contribution in [2.24, 2.45) is 0 Å².